The summed E-state index contributed by atoms with van der Waals surface area (Å²) in [4.78, 5) is 0. The third kappa shape index (κ3) is 1.81. The molecule has 0 saturated carbocycles. The van der Waals surface area contributed by atoms with Crippen molar-refractivity contribution < 1.29 is 13.5 Å². The fourth-order valence-corrected chi connectivity index (χ4v) is 0.791. The Morgan fingerprint density at radius 1 is 1.33 bits per heavy atom. The lowest BCUT2D eigenvalue weighted by atomic mass is 10.2. The van der Waals surface area contributed by atoms with Crippen LogP contribution in [0.5, 0.6) is 0 Å². The molecule has 0 unspecified atom stereocenters. The second-order valence-corrected chi connectivity index (χ2v) is 2.18. The third-order valence-electron chi connectivity index (χ3n) is 1.37. The summed E-state index contributed by atoms with van der Waals surface area (Å²) in [6.07, 6.45) is 2.65. The number of hydrogen-bond acceptors (Lipinski definition) is 1. The summed E-state index contributed by atoms with van der Waals surface area (Å²) in [5.74, 6) is -1.71. The van der Waals surface area contributed by atoms with E-state index < -0.39 is 11.6 Å². The molecular formula is C9H8F2O. The van der Waals surface area contributed by atoms with Gasteiger partial charge in [0.05, 0.1) is 13.4 Å². The molecule has 0 fully saturated rings. The second-order valence-electron chi connectivity index (χ2n) is 2.18. The Morgan fingerprint density at radius 3 is 2.75 bits per heavy atom. The quantitative estimate of drug-likeness (QED) is 0.620. The highest BCUT2D eigenvalue weighted by molar-refractivity contribution is 5.48. The number of hydrogen-bond donors (Lipinski definition) is 0. The van der Waals surface area contributed by atoms with Crippen LogP contribution in [0.25, 0.3) is 6.08 Å². The van der Waals surface area contributed by atoms with Crippen LogP contribution in [0.2, 0.25) is 0 Å². The minimum Gasteiger partial charge on any atom is -0.504 e. The molecule has 0 aliphatic rings. The molecule has 3 heteroatoms. The molecule has 1 rings (SSSR count). The zero-order valence-corrected chi connectivity index (χ0v) is 6.55. The van der Waals surface area contributed by atoms with E-state index in [0.717, 1.165) is 6.07 Å². The summed E-state index contributed by atoms with van der Waals surface area (Å²) in [5.41, 5.74) is 0.178. The maximum absolute atomic E-state index is 12.8. The first-order chi connectivity index (χ1) is 5.75. The lowest BCUT2D eigenvalue weighted by molar-refractivity contribution is 0.341. The first-order valence-electron chi connectivity index (χ1n) is 3.39. The van der Waals surface area contributed by atoms with Crippen LogP contribution in [-0.2, 0) is 4.74 Å². The van der Waals surface area contributed by atoms with Gasteiger partial charge in [0.15, 0.2) is 11.6 Å². The van der Waals surface area contributed by atoms with Gasteiger partial charge in [-0.25, -0.2) is 8.78 Å². The van der Waals surface area contributed by atoms with Gasteiger partial charge < -0.3 is 4.74 Å². The van der Waals surface area contributed by atoms with E-state index in [1.165, 1.54) is 31.6 Å². The van der Waals surface area contributed by atoms with Gasteiger partial charge in [-0.2, -0.15) is 0 Å². The van der Waals surface area contributed by atoms with Crippen LogP contribution in [0.4, 0.5) is 8.78 Å². The molecule has 0 aliphatic heterocycles. The van der Waals surface area contributed by atoms with E-state index in [2.05, 4.69) is 4.74 Å². The largest absolute Gasteiger partial charge is 0.504 e. The predicted molar refractivity (Wildman–Crippen MR) is 42.4 cm³/mol. The van der Waals surface area contributed by atoms with Gasteiger partial charge in [0.25, 0.3) is 0 Å². The average molecular weight is 170 g/mol. The summed E-state index contributed by atoms with van der Waals surface area (Å²) >= 11 is 0. The highest BCUT2D eigenvalue weighted by Gasteiger charge is 2.03. The number of rotatable bonds is 2. The molecule has 0 radical (unpaired) electrons. The third-order valence-corrected chi connectivity index (χ3v) is 1.37. The van der Waals surface area contributed by atoms with E-state index in [-0.39, 0.29) is 5.56 Å². The molecule has 1 aromatic rings. The summed E-state index contributed by atoms with van der Waals surface area (Å²) < 4.78 is 30.0. The number of ether oxygens (including phenoxy) is 1. The van der Waals surface area contributed by atoms with E-state index in [1.54, 1.807) is 0 Å². The molecule has 0 aliphatic carbocycles. The van der Waals surface area contributed by atoms with Crippen molar-refractivity contribution in [1.29, 1.82) is 0 Å². The molecule has 1 nitrogen and oxygen atoms in total. The van der Waals surface area contributed by atoms with Gasteiger partial charge in [0.2, 0.25) is 0 Å². The molecule has 64 valence electrons. The Balaban J connectivity index is 3.00. The SMILES string of the molecule is COC=Cc1cccc(F)c1F. The maximum atomic E-state index is 12.8. The lowest BCUT2D eigenvalue weighted by Gasteiger charge is -1.96. The Hall–Kier alpha value is -1.38. The van der Waals surface area contributed by atoms with E-state index in [1.807, 2.05) is 0 Å². The van der Waals surface area contributed by atoms with Crippen molar-refractivity contribution in [3.63, 3.8) is 0 Å². The van der Waals surface area contributed by atoms with Gasteiger partial charge in [-0.05, 0) is 12.1 Å². The zero-order chi connectivity index (χ0) is 8.97. The van der Waals surface area contributed by atoms with Crippen LogP contribution in [-0.4, -0.2) is 7.11 Å². The minimum atomic E-state index is -0.856. The van der Waals surface area contributed by atoms with E-state index in [9.17, 15) is 8.78 Å². The first-order valence-corrected chi connectivity index (χ1v) is 3.39. The molecule has 0 heterocycles. The van der Waals surface area contributed by atoms with E-state index in [0.29, 0.717) is 0 Å². The summed E-state index contributed by atoms with van der Waals surface area (Å²) in [6, 6.07) is 3.97. The molecule has 0 N–H and O–H groups in total. The van der Waals surface area contributed by atoms with Gasteiger partial charge in [-0.15, -0.1) is 0 Å². The fraction of sp³-hybridized carbons (Fsp3) is 0.111. The number of halogens is 2. The Morgan fingerprint density at radius 2 is 2.08 bits per heavy atom. The molecule has 0 atom stereocenters. The van der Waals surface area contributed by atoms with Gasteiger partial charge in [0.1, 0.15) is 0 Å². The molecule has 0 aromatic heterocycles. The van der Waals surface area contributed by atoms with Crippen LogP contribution >= 0.6 is 0 Å². The zero-order valence-electron chi connectivity index (χ0n) is 6.55. The first kappa shape index (κ1) is 8.71. The second kappa shape index (κ2) is 3.85. The highest BCUT2D eigenvalue weighted by Crippen LogP contribution is 2.12. The van der Waals surface area contributed by atoms with E-state index in [4.69, 9.17) is 0 Å². The molecular weight excluding hydrogens is 162 g/mol. The Labute approximate surface area is 69.3 Å². The maximum Gasteiger partial charge on any atom is 0.166 e. The standard InChI is InChI=1S/C9H8F2O/c1-12-6-5-7-3-2-4-8(10)9(7)11/h2-6H,1H3. The highest BCUT2D eigenvalue weighted by atomic mass is 19.2. The van der Waals surface area contributed by atoms with Gasteiger partial charge >= 0.3 is 0 Å². The van der Waals surface area contributed by atoms with Crippen LogP contribution in [0, 0.1) is 11.6 Å². The van der Waals surface area contributed by atoms with Gasteiger partial charge in [-0.1, -0.05) is 12.1 Å². The van der Waals surface area contributed by atoms with Crippen molar-refractivity contribution in [3.05, 3.63) is 41.7 Å². The molecule has 0 saturated heterocycles. The summed E-state index contributed by atoms with van der Waals surface area (Å²) in [6.45, 7) is 0. The summed E-state index contributed by atoms with van der Waals surface area (Å²) in [7, 11) is 1.44. The predicted octanol–water partition coefficient (Wildman–Crippen LogP) is 2.58. The minimum absolute atomic E-state index is 0.178. The van der Waals surface area contributed by atoms with Crippen molar-refractivity contribution in [3.8, 4) is 0 Å². The van der Waals surface area contributed by atoms with Crippen molar-refractivity contribution >= 4 is 6.08 Å². The van der Waals surface area contributed by atoms with Crippen molar-refractivity contribution in [2.24, 2.45) is 0 Å². The monoisotopic (exact) mass is 170 g/mol. The fourth-order valence-electron chi connectivity index (χ4n) is 0.791. The number of methoxy groups -OCH3 is 1. The van der Waals surface area contributed by atoms with Crippen LogP contribution < -0.4 is 0 Å². The van der Waals surface area contributed by atoms with E-state index >= 15 is 0 Å². The molecule has 0 amide bonds. The van der Waals surface area contributed by atoms with Crippen LogP contribution in [0.15, 0.2) is 24.5 Å². The molecule has 12 heavy (non-hydrogen) atoms. The Kier molecular flexibility index (Phi) is 2.80. The Bertz CT molecular complexity index is 295. The van der Waals surface area contributed by atoms with Gasteiger partial charge in [-0.3, -0.25) is 0 Å². The molecule has 0 spiro atoms. The van der Waals surface area contributed by atoms with Crippen molar-refractivity contribution in [2.45, 2.75) is 0 Å². The normalized spacial score (nSPS) is 10.6. The van der Waals surface area contributed by atoms with Crippen molar-refractivity contribution in [2.75, 3.05) is 7.11 Å². The van der Waals surface area contributed by atoms with Crippen LogP contribution in [0.3, 0.4) is 0 Å². The van der Waals surface area contributed by atoms with Crippen molar-refractivity contribution in [1.82, 2.24) is 0 Å². The lowest BCUT2D eigenvalue weighted by Crippen LogP contribution is -1.86. The topological polar surface area (TPSA) is 9.23 Å². The molecule has 0 bridgehead atoms. The van der Waals surface area contributed by atoms with Gasteiger partial charge in [0, 0.05) is 5.56 Å². The molecule has 1 aromatic carbocycles. The average Bonchev–Trinajstić information content (AvgIpc) is 2.08. The van der Waals surface area contributed by atoms with Crippen LogP contribution in [0.1, 0.15) is 5.56 Å². The summed E-state index contributed by atoms with van der Waals surface area (Å²) in [5, 5.41) is 0. The number of benzene rings is 1. The smallest absolute Gasteiger partial charge is 0.166 e.